The van der Waals surface area contributed by atoms with Crippen LogP contribution in [0.15, 0.2) is 11.7 Å². The van der Waals surface area contributed by atoms with Gasteiger partial charge in [-0.3, -0.25) is 0 Å². The van der Waals surface area contributed by atoms with E-state index >= 15 is 0 Å². The van der Waals surface area contributed by atoms with E-state index in [9.17, 15) is 39.5 Å². The summed E-state index contributed by atoms with van der Waals surface area (Å²) in [7, 11) is 0. The van der Waals surface area contributed by atoms with Crippen LogP contribution in [0.2, 0.25) is 0 Å². The Labute approximate surface area is 88.5 Å². The average molecular weight is 276 g/mol. The molecule has 1 nitrogen and oxygen atoms in total. The van der Waals surface area contributed by atoms with Crippen LogP contribution in [0, 0.1) is 0 Å². The maximum Gasteiger partial charge on any atom is 0.409 e. The highest BCUT2D eigenvalue weighted by Crippen LogP contribution is 2.46. The largest absolute Gasteiger partial charge is 0.409 e. The maximum atomic E-state index is 12.5. The Morgan fingerprint density at radius 1 is 0.941 bits per heavy atom. The second-order valence-corrected chi connectivity index (χ2v) is 2.98. The van der Waals surface area contributed by atoms with Crippen LogP contribution >= 0.6 is 0 Å². The van der Waals surface area contributed by atoms with Gasteiger partial charge in [0.25, 0.3) is 0 Å². The molecule has 0 amide bonds. The number of rotatable bonds is 4. The molecule has 102 valence electrons. The van der Waals surface area contributed by atoms with Crippen molar-refractivity contribution in [2.24, 2.45) is 0 Å². The van der Waals surface area contributed by atoms with Crippen molar-refractivity contribution < 1.29 is 44.6 Å². The summed E-state index contributed by atoms with van der Waals surface area (Å²) in [5, 5.41) is 7.55. The van der Waals surface area contributed by atoms with E-state index < -0.39 is 35.8 Å². The Morgan fingerprint density at radius 3 is 1.53 bits per heavy atom. The fourth-order valence-electron chi connectivity index (χ4n) is 0.666. The molecule has 17 heavy (non-hydrogen) atoms. The van der Waals surface area contributed by atoms with Gasteiger partial charge in [-0.25, -0.2) is 8.78 Å². The lowest BCUT2D eigenvalue weighted by atomic mass is 10.1. The van der Waals surface area contributed by atoms with E-state index in [1.54, 1.807) is 0 Å². The molecule has 1 N–H and O–H groups in total. The Hall–Kier alpha value is -0.930. The van der Waals surface area contributed by atoms with Crippen molar-refractivity contribution in [1.82, 2.24) is 0 Å². The zero-order valence-electron chi connectivity index (χ0n) is 7.93. The van der Waals surface area contributed by atoms with Gasteiger partial charge in [0, 0.05) is 0 Å². The monoisotopic (exact) mass is 276 g/mol. The molecule has 0 aromatic heterocycles. The first-order valence-corrected chi connectivity index (χ1v) is 3.82. The molecule has 0 aromatic rings. The minimum Gasteiger partial charge on any atom is -0.330 e. The molecule has 0 fully saturated rings. The van der Waals surface area contributed by atoms with Crippen molar-refractivity contribution in [3.8, 4) is 0 Å². The van der Waals surface area contributed by atoms with Crippen molar-refractivity contribution in [3.05, 3.63) is 11.7 Å². The number of halogens is 9. The van der Waals surface area contributed by atoms with Crippen LogP contribution in [-0.4, -0.2) is 29.2 Å². The minimum absolute atomic E-state index is 0.101. The summed E-state index contributed by atoms with van der Waals surface area (Å²) in [5.74, 6) is -19.6. The first-order chi connectivity index (χ1) is 7.26. The van der Waals surface area contributed by atoms with Crippen LogP contribution in [0.4, 0.5) is 39.5 Å². The molecule has 0 heterocycles. The van der Waals surface area contributed by atoms with E-state index in [0.29, 0.717) is 0 Å². The molecule has 0 aromatic carbocycles. The lowest BCUT2D eigenvalue weighted by molar-refractivity contribution is -0.231. The van der Waals surface area contributed by atoms with Gasteiger partial charge in [-0.05, 0) is 6.92 Å². The summed E-state index contributed by atoms with van der Waals surface area (Å²) in [6.45, 7) is -0.101. The van der Waals surface area contributed by atoms with Crippen LogP contribution in [0.3, 0.4) is 0 Å². The van der Waals surface area contributed by atoms with E-state index in [4.69, 9.17) is 5.11 Å². The first-order valence-electron chi connectivity index (χ1n) is 3.82. The molecule has 0 saturated carbocycles. The van der Waals surface area contributed by atoms with Gasteiger partial charge in [0.2, 0.25) is 11.7 Å². The van der Waals surface area contributed by atoms with Gasteiger partial charge in [-0.2, -0.15) is 30.7 Å². The topological polar surface area (TPSA) is 20.2 Å². The van der Waals surface area contributed by atoms with Crippen LogP contribution < -0.4 is 0 Å². The molecule has 0 spiro atoms. The van der Waals surface area contributed by atoms with E-state index in [-0.39, 0.29) is 6.92 Å². The summed E-state index contributed by atoms with van der Waals surface area (Å²) < 4.78 is 110. The maximum absolute atomic E-state index is 12.5. The molecule has 1 unspecified atom stereocenters. The Morgan fingerprint density at radius 2 is 1.29 bits per heavy atom. The minimum atomic E-state index is -6.16. The highest BCUT2D eigenvalue weighted by molar-refractivity contribution is 5.18. The predicted octanol–water partition coefficient (Wildman–Crippen LogP) is 3.35. The molecule has 0 aliphatic heterocycles. The SMILES string of the molecule is CC(F)C(F)(F)C(F)(F)C(F)=C(F)C(O)(F)F. The zero-order chi connectivity index (χ0) is 14.2. The lowest BCUT2D eigenvalue weighted by Crippen LogP contribution is -2.48. The molecule has 0 aliphatic rings. The second-order valence-electron chi connectivity index (χ2n) is 2.98. The predicted molar refractivity (Wildman–Crippen MR) is 36.9 cm³/mol. The van der Waals surface area contributed by atoms with E-state index in [1.807, 2.05) is 0 Å². The van der Waals surface area contributed by atoms with Gasteiger partial charge >= 0.3 is 18.0 Å². The summed E-state index contributed by atoms with van der Waals surface area (Å²) in [4.78, 5) is 0. The van der Waals surface area contributed by atoms with E-state index in [0.717, 1.165) is 0 Å². The molecule has 0 aliphatic carbocycles. The van der Waals surface area contributed by atoms with Gasteiger partial charge in [0.1, 0.15) is 0 Å². The number of hydrogen-bond donors (Lipinski definition) is 1. The highest BCUT2D eigenvalue weighted by Gasteiger charge is 2.65. The number of hydrogen-bond acceptors (Lipinski definition) is 1. The molecular weight excluding hydrogens is 271 g/mol. The Kier molecular flexibility index (Phi) is 4.15. The van der Waals surface area contributed by atoms with Crippen molar-refractivity contribution in [1.29, 1.82) is 0 Å². The lowest BCUT2D eigenvalue weighted by Gasteiger charge is -2.26. The molecule has 0 saturated heterocycles. The molecule has 0 radical (unpaired) electrons. The highest BCUT2D eigenvalue weighted by atomic mass is 19.3. The quantitative estimate of drug-likeness (QED) is 0.781. The number of allylic oxidation sites excluding steroid dienone is 1. The third-order valence-corrected chi connectivity index (χ3v) is 1.65. The molecule has 10 heteroatoms. The average Bonchev–Trinajstić information content (AvgIpc) is 2.13. The zero-order valence-corrected chi connectivity index (χ0v) is 7.93. The number of aliphatic hydroxyl groups is 1. The molecule has 1 atom stereocenters. The van der Waals surface area contributed by atoms with Gasteiger partial charge in [0.15, 0.2) is 6.17 Å². The molecule has 0 rings (SSSR count). The van der Waals surface area contributed by atoms with Crippen molar-refractivity contribution in [2.45, 2.75) is 31.0 Å². The smallest absolute Gasteiger partial charge is 0.330 e. The normalized spacial score (nSPS) is 17.8. The summed E-state index contributed by atoms with van der Waals surface area (Å²) >= 11 is 0. The summed E-state index contributed by atoms with van der Waals surface area (Å²) in [6, 6.07) is 0. The second kappa shape index (κ2) is 4.39. The van der Waals surface area contributed by atoms with E-state index in [1.165, 1.54) is 0 Å². The third-order valence-electron chi connectivity index (χ3n) is 1.65. The van der Waals surface area contributed by atoms with Gasteiger partial charge in [0.05, 0.1) is 0 Å². The van der Waals surface area contributed by atoms with Crippen LogP contribution in [0.25, 0.3) is 0 Å². The van der Waals surface area contributed by atoms with Crippen LogP contribution in [-0.2, 0) is 0 Å². The van der Waals surface area contributed by atoms with E-state index in [2.05, 4.69) is 0 Å². The Balaban J connectivity index is 5.64. The fraction of sp³-hybridized carbons (Fsp3) is 0.714. The van der Waals surface area contributed by atoms with Crippen LogP contribution in [0.1, 0.15) is 6.92 Å². The standard InChI is InChI=1S/C7H5F9O/c1-2(8)5(11,12)6(13,14)3(9)4(10)7(15,16)17/h2,17H,1H3. The van der Waals surface area contributed by atoms with Gasteiger partial charge < -0.3 is 5.11 Å². The van der Waals surface area contributed by atoms with Crippen molar-refractivity contribution in [2.75, 3.05) is 0 Å². The summed E-state index contributed by atoms with van der Waals surface area (Å²) in [5.41, 5.74) is 0. The summed E-state index contributed by atoms with van der Waals surface area (Å²) in [6.07, 6.45) is -9.34. The molecule has 0 bridgehead atoms. The van der Waals surface area contributed by atoms with Crippen molar-refractivity contribution in [3.63, 3.8) is 0 Å². The van der Waals surface area contributed by atoms with Crippen LogP contribution in [0.5, 0.6) is 0 Å². The Bertz CT molecular complexity index is 314. The van der Waals surface area contributed by atoms with Crippen molar-refractivity contribution >= 4 is 0 Å². The molecular formula is C7H5F9O. The first kappa shape index (κ1) is 16.1. The van der Waals surface area contributed by atoms with Gasteiger partial charge in [-0.1, -0.05) is 0 Å². The van der Waals surface area contributed by atoms with Gasteiger partial charge in [-0.15, -0.1) is 0 Å². The fourth-order valence-corrected chi connectivity index (χ4v) is 0.666. The number of alkyl halides is 7. The third kappa shape index (κ3) is 2.85.